The summed E-state index contributed by atoms with van der Waals surface area (Å²) in [5.74, 6) is -2.62. The molecule has 96 heavy (non-hydrogen) atoms. The van der Waals surface area contributed by atoms with E-state index in [9.17, 15) is 43.2 Å². The molecule has 0 bridgehead atoms. The Morgan fingerprint density at radius 1 is 0.500 bits per heavy atom. The van der Waals surface area contributed by atoms with E-state index in [0.29, 0.717) is 82.5 Å². The van der Waals surface area contributed by atoms with E-state index in [1.54, 1.807) is 112 Å². The zero-order valence-electron chi connectivity index (χ0n) is 59.5. The van der Waals surface area contributed by atoms with Crippen molar-refractivity contribution in [2.45, 2.75) is 247 Å². The Balaban J connectivity index is 1.46. The SMILES string of the molecule is CC(C)(C)OC(=O)CC[C@H](NC(=O)N[C@@H](CCCCNC(=O)Nc1cccc(-c2cnnn2CCOCCCOCCC(=O)N[C@@H](CCCCNC(=O)OC(C)(C)C)C(=O)N[C@@H](CCCCNC(=O)OCc2ccccc2)C(=O)OC(C)(C)C)c1)C(=O)OC(C)(C)C)C(C)(C)C. The van der Waals surface area contributed by atoms with E-state index >= 15 is 0 Å². The molecule has 4 atom stereocenters. The number of hydrogen-bond donors (Lipinski definition) is 8. The lowest BCUT2D eigenvalue weighted by Gasteiger charge is -2.32. The molecule has 1 heterocycles. The highest BCUT2D eigenvalue weighted by Crippen LogP contribution is 2.25. The van der Waals surface area contributed by atoms with Crippen molar-refractivity contribution in [3.05, 3.63) is 66.4 Å². The van der Waals surface area contributed by atoms with E-state index in [0.717, 1.165) is 11.1 Å². The third-order valence-electron chi connectivity index (χ3n) is 13.8. The number of unbranched alkanes of at least 4 members (excludes halogenated alkanes) is 3. The van der Waals surface area contributed by atoms with Crippen LogP contribution in [0.5, 0.6) is 0 Å². The first kappa shape index (κ1) is 82.2. The van der Waals surface area contributed by atoms with Crippen LogP contribution in [0.3, 0.4) is 0 Å². The van der Waals surface area contributed by atoms with Gasteiger partial charge in [-0.3, -0.25) is 14.4 Å². The lowest BCUT2D eigenvalue weighted by Crippen LogP contribution is -2.53. The van der Waals surface area contributed by atoms with Crippen LogP contribution in [0.2, 0.25) is 0 Å². The third kappa shape index (κ3) is 37.9. The first-order valence-electron chi connectivity index (χ1n) is 33.4. The molecule has 0 saturated heterocycles. The number of amides is 8. The van der Waals surface area contributed by atoms with Crippen LogP contribution in [-0.4, -0.2) is 162 Å². The zero-order valence-corrected chi connectivity index (χ0v) is 59.5. The maximum atomic E-state index is 14.0. The molecule has 0 aliphatic rings. The van der Waals surface area contributed by atoms with E-state index in [4.69, 9.17) is 33.2 Å². The number of nitrogens with one attached hydrogen (secondary N) is 8. The van der Waals surface area contributed by atoms with Crippen molar-refractivity contribution in [3.63, 3.8) is 0 Å². The molecular weight excluding hydrogens is 1240 g/mol. The second kappa shape index (κ2) is 41.1. The molecule has 27 heteroatoms. The number of nitrogens with zero attached hydrogens (tertiary/aromatic N) is 3. The van der Waals surface area contributed by atoms with Crippen LogP contribution in [0.1, 0.15) is 193 Å². The van der Waals surface area contributed by atoms with Crippen molar-refractivity contribution in [2.75, 3.05) is 51.4 Å². The van der Waals surface area contributed by atoms with Crippen LogP contribution in [-0.2, 0) is 70.3 Å². The van der Waals surface area contributed by atoms with Crippen molar-refractivity contribution in [1.29, 1.82) is 0 Å². The summed E-state index contributed by atoms with van der Waals surface area (Å²) < 4.78 is 40.7. The molecule has 538 valence electrons. The summed E-state index contributed by atoms with van der Waals surface area (Å²) >= 11 is 0. The minimum Gasteiger partial charge on any atom is -0.460 e. The Kier molecular flexibility index (Phi) is 35.2. The molecule has 3 rings (SSSR count). The summed E-state index contributed by atoms with van der Waals surface area (Å²) in [6.45, 7) is 29.2. The topological polar surface area (TPSA) is 345 Å². The summed E-state index contributed by atoms with van der Waals surface area (Å²) in [4.78, 5) is 117. The lowest BCUT2D eigenvalue weighted by atomic mass is 9.84. The molecule has 0 spiro atoms. The van der Waals surface area contributed by atoms with Crippen LogP contribution >= 0.6 is 0 Å². The normalized spacial score (nSPS) is 13.1. The van der Waals surface area contributed by atoms with Crippen LogP contribution in [0, 0.1) is 5.41 Å². The molecule has 27 nitrogen and oxygen atoms in total. The number of hydrogen-bond acceptors (Lipinski definition) is 18. The number of urea groups is 2. The fourth-order valence-corrected chi connectivity index (χ4v) is 9.24. The number of carbonyl (C=O) groups excluding carboxylic acids is 9. The van der Waals surface area contributed by atoms with Crippen LogP contribution in [0.4, 0.5) is 24.9 Å². The lowest BCUT2D eigenvalue weighted by molar-refractivity contribution is -0.159. The van der Waals surface area contributed by atoms with Crippen molar-refractivity contribution >= 4 is 59.7 Å². The molecule has 3 aromatic rings. The minimum absolute atomic E-state index is 0.0547. The maximum absolute atomic E-state index is 14.0. The van der Waals surface area contributed by atoms with E-state index in [-0.39, 0.29) is 77.5 Å². The average Bonchev–Trinajstić information content (AvgIpc) is 1.66. The van der Waals surface area contributed by atoms with Crippen molar-refractivity contribution in [3.8, 4) is 11.3 Å². The van der Waals surface area contributed by atoms with Gasteiger partial charge in [0, 0.05) is 63.0 Å². The fourth-order valence-electron chi connectivity index (χ4n) is 9.24. The van der Waals surface area contributed by atoms with Gasteiger partial charge in [0.25, 0.3) is 0 Å². The number of anilines is 1. The summed E-state index contributed by atoms with van der Waals surface area (Å²) in [6, 6.07) is 12.0. The Morgan fingerprint density at radius 2 is 1.05 bits per heavy atom. The molecule has 8 N–H and O–H groups in total. The predicted molar refractivity (Wildman–Crippen MR) is 363 cm³/mol. The Labute approximate surface area is 567 Å². The van der Waals surface area contributed by atoms with Crippen molar-refractivity contribution in [2.24, 2.45) is 5.41 Å². The molecule has 0 unspecified atom stereocenters. The summed E-state index contributed by atoms with van der Waals surface area (Å²) in [5.41, 5.74) is -0.558. The molecule has 0 aliphatic heterocycles. The number of benzene rings is 2. The largest absolute Gasteiger partial charge is 0.460 e. The van der Waals surface area contributed by atoms with Crippen LogP contribution < -0.4 is 42.5 Å². The standard InChI is InChI=1S/C69H111N11O16/c1-65(2,3)55(34-35-57(82)93-66(4,5)6)78-62(87)77-53(60(85)95-68(10,11)12)33-20-22-37-70-61(86)74-50-30-25-29-49(45-50)54-46-73-79-80(54)40-44-91-42-26-41-90-43-36-56(81)75-51(31-19-23-39-72-64(89)96-69(13,14)15)58(83)76-52(59(84)94-67(7,8)9)32-21-24-38-71-63(88)92-47-48-27-17-16-18-28-48/h16-18,25,27-30,45-46,51-53,55H,19-24,26,31-44,47H2,1-15H3,(H,71,88)(H,72,89)(H,75,81)(H,76,83)(H2,70,74,86)(H2,77,78,87)/t51-,52-,53-,55-/m0/s1. The molecule has 1 aromatic heterocycles. The number of esters is 3. The second-order valence-corrected chi connectivity index (χ2v) is 28.5. The van der Waals surface area contributed by atoms with Crippen LogP contribution in [0.15, 0.2) is 60.8 Å². The molecule has 8 amide bonds. The molecule has 0 aliphatic carbocycles. The van der Waals surface area contributed by atoms with E-state index in [1.807, 2.05) is 57.2 Å². The highest BCUT2D eigenvalue weighted by Gasteiger charge is 2.33. The second-order valence-electron chi connectivity index (χ2n) is 28.5. The van der Waals surface area contributed by atoms with Gasteiger partial charge in [-0.2, -0.15) is 0 Å². The van der Waals surface area contributed by atoms with Crippen molar-refractivity contribution < 1.29 is 76.3 Å². The minimum atomic E-state index is -1.05. The molecule has 2 aromatic carbocycles. The van der Waals surface area contributed by atoms with Gasteiger partial charge in [0.1, 0.15) is 47.1 Å². The van der Waals surface area contributed by atoms with Gasteiger partial charge < -0.3 is 75.7 Å². The summed E-state index contributed by atoms with van der Waals surface area (Å²) in [7, 11) is 0. The highest BCUT2D eigenvalue weighted by molar-refractivity contribution is 5.91. The third-order valence-corrected chi connectivity index (χ3v) is 13.8. The van der Waals surface area contributed by atoms with Gasteiger partial charge in [0.15, 0.2) is 0 Å². The Hall–Kier alpha value is -8.07. The number of alkyl carbamates (subject to hydrolysis) is 2. The van der Waals surface area contributed by atoms with Crippen molar-refractivity contribution in [1.82, 2.24) is 52.2 Å². The first-order valence-corrected chi connectivity index (χ1v) is 33.4. The zero-order chi connectivity index (χ0) is 71.5. The summed E-state index contributed by atoms with van der Waals surface area (Å²) in [5, 5.41) is 30.8. The Bertz CT molecular complexity index is 2890. The van der Waals surface area contributed by atoms with E-state index in [1.165, 1.54) is 0 Å². The number of aromatic nitrogens is 3. The Morgan fingerprint density at radius 3 is 1.64 bits per heavy atom. The van der Waals surface area contributed by atoms with E-state index < -0.39 is 100.0 Å². The monoisotopic (exact) mass is 1350 g/mol. The van der Waals surface area contributed by atoms with Gasteiger partial charge in [-0.25, -0.2) is 33.4 Å². The predicted octanol–water partition coefficient (Wildman–Crippen LogP) is 9.70. The smallest absolute Gasteiger partial charge is 0.407 e. The molecule has 0 saturated carbocycles. The molecular formula is C69H111N11O16. The van der Waals surface area contributed by atoms with Crippen LogP contribution in [0.25, 0.3) is 11.3 Å². The summed E-state index contributed by atoms with van der Waals surface area (Å²) in [6.07, 6.45) is 4.76. The van der Waals surface area contributed by atoms with Gasteiger partial charge in [0.2, 0.25) is 11.8 Å². The van der Waals surface area contributed by atoms with E-state index in [2.05, 4.69) is 52.8 Å². The number of rotatable bonds is 39. The van der Waals surface area contributed by atoms with Gasteiger partial charge in [-0.1, -0.05) is 68.4 Å². The molecule has 0 fully saturated rings. The average molecular weight is 1350 g/mol. The maximum Gasteiger partial charge on any atom is 0.407 e. The highest BCUT2D eigenvalue weighted by atomic mass is 16.6. The molecule has 0 radical (unpaired) electrons. The van der Waals surface area contributed by atoms with Gasteiger partial charge in [-0.05, 0) is 177 Å². The fraction of sp³-hybridized carbons (Fsp3) is 0.667. The van der Waals surface area contributed by atoms with Gasteiger partial charge in [0.05, 0.1) is 31.6 Å². The number of carbonyl (C=O) groups is 9. The van der Waals surface area contributed by atoms with Gasteiger partial charge in [-0.15, -0.1) is 5.10 Å². The first-order chi connectivity index (χ1) is 44.9. The quantitative estimate of drug-likeness (QED) is 0.0150. The van der Waals surface area contributed by atoms with Gasteiger partial charge >= 0.3 is 42.2 Å². The number of ether oxygens (including phenoxy) is 7.